The summed E-state index contributed by atoms with van der Waals surface area (Å²) in [6.45, 7) is 4.34. The molecule has 0 saturated carbocycles. The van der Waals surface area contributed by atoms with Crippen molar-refractivity contribution in [1.82, 2.24) is 4.90 Å². The van der Waals surface area contributed by atoms with Crippen molar-refractivity contribution in [3.8, 4) is 0 Å². The maximum atomic E-state index is 11.7. The number of esters is 1. The van der Waals surface area contributed by atoms with Gasteiger partial charge in [-0.15, -0.1) is 11.6 Å². The zero-order chi connectivity index (χ0) is 14.7. The third-order valence-electron chi connectivity index (χ3n) is 2.71. The third kappa shape index (κ3) is 7.93. The molecule has 0 saturated heterocycles. The van der Waals surface area contributed by atoms with E-state index in [1.807, 2.05) is 0 Å². The minimum atomic E-state index is -0.648. The average Bonchev–Trinajstić information content (AvgIpc) is 2.41. The monoisotopic (exact) mass is 293 g/mol. The number of carbonyl (C=O) groups is 2. The van der Waals surface area contributed by atoms with Gasteiger partial charge in [0, 0.05) is 12.9 Å². The number of hydrogen-bond acceptors (Lipinski definition) is 4. The summed E-state index contributed by atoms with van der Waals surface area (Å²) >= 11 is 5.48. The molecule has 0 rings (SSSR count). The Morgan fingerprint density at radius 2 is 1.79 bits per heavy atom. The maximum absolute atomic E-state index is 11.7. The van der Waals surface area contributed by atoms with Crippen LogP contribution in [0.4, 0.5) is 4.79 Å². The first-order valence-corrected chi connectivity index (χ1v) is 7.20. The predicted octanol–water partition coefficient (Wildman–Crippen LogP) is 2.81. The summed E-state index contributed by atoms with van der Waals surface area (Å²) in [6, 6.07) is -0.648. The molecule has 19 heavy (non-hydrogen) atoms. The Morgan fingerprint density at radius 3 is 2.37 bits per heavy atom. The molecule has 1 amide bonds. The standard InChI is InChI=1S/C13H24ClNO4/c1-4-5-6-9-18-12(16)11(2)15(3)13(17)19-10-7-8-14/h11H,4-10H2,1-3H3. The van der Waals surface area contributed by atoms with Gasteiger partial charge in [0.1, 0.15) is 6.04 Å². The van der Waals surface area contributed by atoms with E-state index in [1.165, 1.54) is 11.9 Å². The maximum Gasteiger partial charge on any atom is 0.410 e. The van der Waals surface area contributed by atoms with E-state index in [1.54, 1.807) is 6.92 Å². The fourth-order valence-electron chi connectivity index (χ4n) is 1.28. The Labute approximate surface area is 120 Å². The zero-order valence-corrected chi connectivity index (χ0v) is 12.7. The molecule has 0 aromatic rings. The van der Waals surface area contributed by atoms with E-state index in [2.05, 4.69) is 6.92 Å². The second-order valence-electron chi connectivity index (χ2n) is 4.32. The van der Waals surface area contributed by atoms with Crippen LogP contribution in [0.25, 0.3) is 0 Å². The summed E-state index contributed by atoms with van der Waals surface area (Å²) in [5.41, 5.74) is 0. The van der Waals surface area contributed by atoms with Crippen LogP contribution in [0.1, 0.15) is 39.5 Å². The van der Waals surface area contributed by atoms with Crippen molar-refractivity contribution in [3.63, 3.8) is 0 Å². The lowest BCUT2D eigenvalue weighted by atomic mass is 10.2. The largest absolute Gasteiger partial charge is 0.464 e. The first-order chi connectivity index (χ1) is 9.04. The fraction of sp³-hybridized carbons (Fsp3) is 0.846. The molecule has 0 heterocycles. The van der Waals surface area contributed by atoms with Crippen molar-refractivity contribution in [2.45, 2.75) is 45.6 Å². The molecule has 5 nitrogen and oxygen atoms in total. The first-order valence-electron chi connectivity index (χ1n) is 6.66. The molecule has 0 aromatic heterocycles. The lowest BCUT2D eigenvalue weighted by Gasteiger charge is -2.22. The Kier molecular flexibility index (Phi) is 10.4. The lowest BCUT2D eigenvalue weighted by molar-refractivity contribution is -0.148. The second-order valence-corrected chi connectivity index (χ2v) is 4.70. The van der Waals surface area contributed by atoms with E-state index in [-0.39, 0.29) is 6.61 Å². The van der Waals surface area contributed by atoms with Gasteiger partial charge in [-0.1, -0.05) is 19.8 Å². The molecular weight excluding hydrogens is 270 g/mol. The second kappa shape index (κ2) is 10.9. The van der Waals surface area contributed by atoms with Crippen LogP contribution in [-0.4, -0.2) is 49.1 Å². The van der Waals surface area contributed by atoms with Crippen molar-refractivity contribution < 1.29 is 19.1 Å². The molecule has 0 aromatic carbocycles. The van der Waals surface area contributed by atoms with Crippen LogP contribution in [0.3, 0.4) is 0 Å². The van der Waals surface area contributed by atoms with Gasteiger partial charge in [-0.25, -0.2) is 9.59 Å². The topological polar surface area (TPSA) is 55.8 Å². The molecule has 0 aliphatic heterocycles. The van der Waals surface area contributed by atoms with Gasteiger partial charge in [0.2, 0.25) is 0 Å². The molecule has 0 radical (unpaired) electrons. The highest BCUT2D eigenvalue weighted by Crippen LogP contribution is 2.03. The minimum absolute atomic E-state index is 0.255. The van der Waals surface area contributed by atoms with Crippen LogP contribution in [-0.2, 0) is 14.3 Å². The molecule has 0 spiro atoms. The van der Waals surface area contributed by atoms with E-state index in [0.29, 0.717) is 18.9 Å². The predicted molar refractivity (Wildman–Crippen MR) is 74.4 cm³/mol. The van der Waals surface area contributed by atoms with Crippen molar-refractivity contribution in [2.75, 3.05) is 26.1 Å². The summed E-state index contributed by atoms with van der Waals surface area (Å²) < 4.78 is 10.0. The van der Waals surface area contributed by atoms with Crippen molar-refractivity contribution >= 4 is 23.7 Å². The van der Waals surface area contributed by atoms with Crippen LogP contribution in [0, 0.1) is 0 Å². The number of alkyl halides is 1. The number of likely N-dealkylation sites (N-methyl/N-ethyl adjacent to an activating group) is 1. The molecule has 112 valence electrons. The number of ether oxygens (including phenoxy) is 2. The van der Waals surface area contributed by atoms with Gasteiger partial charge in [-0.05, 0) is 19.8 Å². The van der Waals surface area contributed by atoms with Gasteiger partial charge in [-0.3, -0.25) is 4.90 Å². The van der Waals surface area contributed by atoms with Crippen LogP contribution in [0.5, 0.6) is 0 Å². The number of hydrogen-bond donors (Lipinski definition) is 0. The highest BCUT2D eigenvalue weighted by molar-refractivity contribution is 6.17. The number of carbonyl (C=O) groups excluding carboxylic acids is 2. The van der Waals surface area contributed by atoms with Gasteiger partial charge < -0.3 is 9.47 Å². The number of unbranched alkanes of at least 4 members (excludes halogenated alkanes) is 2. The normalized spacial score (nSPS) is 11.8. The molecule has 0 aliphatic rings. The van der Waals surface area contributed by atoms with E-state index < -0.39 is 18.1 Å². The molecule has 0 aliphatic carbocycles. The first kappa shape index (κ1) is 18.0. The van der Waals surface area contributed by atoms with Gasteiger partial charge in [0.15, 0.2) is 0 Å². The summed E-state index contributed by atoms with van der Waals surface area (Å²) in [5, 5.41) is 0. The molecule has 0 N–H and O–H groups in total. The molecule has 6 heteroatoms. The molecule has 0 fully saturated rings. The Morgan fingerprint density at radius 1 is 1.16 bits per heavy atom. The van der Waals surface area contributed by atoms with Crippen LogP contribution in [0.15, 0.2) is 0 Å². The highest BCUT2D eigenvalue weighted by atomic mass is 35.5. The summed E-state index contributed by atoms with van der Waals surface area (Å²) in [4.78, 5) is 24.5. The lowest BCUT2D eigenvalue weighted by Crippen LogP contribution is -2.41. The van der Waals surface area contributed by atoms with Gasteiger partial charge >= 0.3 is 12.1 Å². The number of halogens is 1. The fourth-order valence-corrected chi connectivity index (χ4v) is 1.39. The Balaban J connectivity index is 3.98. The highest BCUT2D eigenvalue weighted by Gasteiger charge is 2.24. The molecule has 0 bridgehead atoms. The third-order valence-corrected chi connectivity index (χ3v) is 2.97. The van der Waals surface area contributed by atoms with Crippen LogP contribution < -0.4 is 0 Å². The smallest absolute Gasteiger partial charge is 0.410 e. The Bertz CT molecular complexity index is 273. The molecule has 1 atom stereocenters. The summed E-state index contributed by atoms with van der Waals surface area (Å²) in [7, 11) is 1.51. The van der Waals surface area contributed by atoms with E-state index in [4.69, 9.17) is 21.1 Å². The van der Waals surface area contributed by atoms with E-state index in [0.717, 1.165) is 19.3 Å². The van der Waals surface area contributed by atoms with Crippen molar-refractivity contribution in [2.24, 2.45) is 0 Å². The summed E-state index contributed by atoms with van der Waals surface area (Å²) in [6.07, 6.45) is 3.00. The quantitative estimate of drug-likeness (QED) is 0.373. The number of amides is 1. The van der Waals surface area contributed by atoms with Crippen molar-refractivity contribution in [3.05, 3.63) is 0 Å². The molecular formula is C13H24ClNO4. The van der Waals surface area contributed by atoms with E-state index >= 15 is 0 Å². The molecule has 1 unspecified atom stereocenters. The van der Waals surface area contributed by atoms with Gasteiger partial charge in [-0.2, -0.15) is 0 Å². The Hall–Kier alpha value is -0.970. The minimum Gasteiger partial charge on any atom is -0.464 e. The van der Waals surface area contributed by atoms with Gasteiger partial charge in [0.05, 0.1) is 13.2 Å². The van der Waals surface area contributed by atoms with Crippen molar-refractivity contribution in [1.29, 1.82) is 0 Å². The van der Waals surface area contributed by atoms with Gasteiger partial charge in [0.25, 0.3) is 0 Å². The zero-order valence-electron chi connectivity index (χ0n) is 12.0. The average molecular weight is 294 g/mol. The summed E-state index contributed by atoms with van der Waals surface area (Å²) in [5.74, 6) is 0.0272. The van der Waals surface area contributed by atoms with E-state index in [9.17, 15) is 9.59 Å². The number of nitrogens with zero attached hydrogens (tertiary/aromatic N) is 1. The van der Waals surface area contributed by atoms with Crippen LogP contribution >= 0.6 is 11.6 Å². The number of rotatable bonds is 9. The SMILES string of the molecule is CCCCCOC(=O)C(C)N(C)C(=O)OCCCCl. The van der Waals surface area contributed by atoms with Crippen LogP contribution in [0.2, 0.25) is 0 Å².